The Labute approximate surface area is 108 Å². The first-order valence-electron chi connectivity index (χ1n) is 5.88. The van der Waals surface area contributed by atoms with Gasteiger partial charge in [0.1, 0.15) is 0 Å². The van der Waals surface area contributed by atoms with Gasteiger partial charge in [0.05, 0.1) is 11.5 Å². The Morgan fingerprint density at radius 1 is 1.39 bits per heavy atom. The van der Waals surface area contributed by atoms with Crippen molar-refractivity contribution in [1.82, 2.24) is 4.31 Å². The summed E-state index contributed by atoms with van der Waals surface area (Å²) in [6.45, 7) is 4.13. The van der Waals surface area contributed by atoms with Gasteiger partial charge < -0.3 is 10.8 Å². The highest BCUT2D eigenvalue weighted by Gasteiger charge is 2.24. The van der Waals surface area contributed by atoms with Crippen molar-refractivity contribution in [2.45, 2.75) is 25.3 Å². The lowest BCUT2D eigenvalue weighted by atomic mass is 10.1. The molecule has 6 heteroatoms. The van der Waals surface area contributed by atoms with Crippen LogP contribution in [0.4, 0.5) is 0 Å². The smallest absolute Gasteiger partial charge is 0.243 e. The molecule has 18 heavy (non-hydrogen) atoms. The first-order chi connectivity index (χ1) is 8.47. The van der Waals surface area contributed by atoms with Gasteiger partial charge in [-0.1, -0.05) is 19.1 Å². The molecule has 1 aromatic carbocycles. The fraction of sp³-hybridized carbons (Fsp3) is 0.500. The van der Waals surface area contributed by atoms with Crippen molar-refractivity contribution in [3.05, 3.63) is 29.3 Å². The molecule has 0 atom stereocenters. The highest BCUT2D eigenvalue weighted by molar-refractivity contribution is 7.89. The predicted molar refractivity (Wildman–Crippen MR) is 70.6 cm³/mol. The number of hydrogen-bond donors (Lipinski definition) is 2. The normalized spacial score (nSPS) is 12.1. The van der Waals surface area contributed by atoms with Crippen LogP contribution in [0.15, 0.2) is 23.1 Å². The number of nitrogens with two attached hydrogens (primary N) is 1. The van der Waals surface area contributed by atoms with Crippen LogP contribution in [0.3, 0.4) is 0 Å². The molecule has 0 aliphatic carbocycles. The molecule has 0 fully saturated rings. The summed E-state index contributed by atoms with van der Waals surface area (Å²) in [5.74, 6) is 0. The number of nitrogens with zero attached hydrogens (tertiary/aromatic N) is 1. The summed E-state index contributed by atoms with van der Waals surface area (Å²) < 4.78 is 26.0. The van der Waals surface area contributed by atoms with Crippen LogP contribution < -0.4 is 5.73 Å². The summed E-state index contributed by atoms with van der Waals surface area (Å²) in [4.78, 5) is 0.273. The van der Waals surface area contributed by atoms with E-state index in [0.717, 1.165) is 5.56 Å². The maximum Gasteiger partial charge on any atom is 0.243 e. The summed E-state index contributed by atoms with van der Waals surface area (Å²) in [5.41, 5.74) is 7.09. The number of sulfonamides is 1. The number of aliphatic hydroxyl groups excluding tert-OH is 1. The summed E-state index contributed by atoms with van der Waals surface area (Å²) in [7, 11) is -3.54. The molecule has 5 nitrogen and oxygen atoms in total. The fourth-order valence-electron chi connectivity index (χ4n) is 1.83. The van der Waals surface area contributed by atoms with Gasteiger partial charge in [-0.25, -0.2) is 8.42 Å². The molecule has 0 bridgehead atoms. The minimum Gasteiger partial charge on any atom is -0.395 e. The van der Waals surface area contributed by atoms with Crippen molar-refractivity contribution in [1.29, 1.82) is 0 Å². The molecule has 0 spiro atoms. The van der Waals surface area contributed by atoms with Crippen molar-refractivity contribution in [2.75, 3.05) is 19.7 Å². The van der Waals surface area contributed by atoms with Gasteiger partial charge in [-0.2, -0.15) is 4.31 Å². The summed E-state index contributed by atoms with van der Waals surface area (Å²) in [6.07, 6.45) is 0. The number of hydrogen-bond acceptors (Lipinski definition) is 4. The van der Waals surface area contributed by atoms with E-state index in [4.69, 9.17) is 10.8 Å². The molecule has 0 radical (unpaired) electrons. The molecule has 0 unspecified atom stereocenters. The molecule has 1 rings (SSSR count). The van der Waals surface area contributed by atoms with Crippen LogP contribution in [0, 0.1) is 6.92 Å². The van der Waals surface area contributed by atoms with Crippen LogP contribution in [-0.2, 0) is 16.6 Å². The van der Waals surface area contributed by atoms with Crippen LogP contribution in [-0.4, -0.2) is 37.5 Å². The Hall–Kier alpha value is -0.950. The van der Waals surface area contributed by atoms with Crippen LogP contribution >= 0.6 is 0 Å². The van der Waals surface area contributed by atoms with Gasteiger partial charge in [0, 0.05) is 19.6 Å². The molecule has 102 valence electrons. The Balaban J connectivity index is 3.19. The minimum atomic E-state index is -3.54. The van der Waals surface area contributed by atoms with Gasteiger partial charge >= 0.3 is 0 Å². The maximum absolute atomic E-state index is 12.4. The highest BCUT2D eigenvalue weighted by Crippen LogP contribution is 2.20. The largest absolute Gasteiger partial charge is 0.395 e. The molecular weight excluding hydrogens is 252 g/mol. The molecule has 0 aromatic heterocycles. The van der Waals surface area contributed by atoms with E-state index >= 15 is 0 Å². The number of rotatable bonds is 6. The fourth-order valence-corrected chi connectivity index (χ4v) is 3.47. The average molecular weight is 272 g/mol. The average Bonchev–Trinajstić information content (AvgIpc) is 2.35. The lowest BCUT2D eigenvalue weighted by Gasteiger charge is -2.20. The van der Waals surface area contributed by atoms with Gasteiger partial charge in [0.2, 0.25) is 10.0 Å². The molecule has 0 aliphatic rings. The Morgan fingerprint density at radius 2 is 2.06 bits per heavy atom. The van der Waals surface area contributed by atoms with E-state index in [-0.39, 0.29) is 18.0 Å². The lowest BCUT2D eigenvalue weighted by molar-refractivity contribution is 0.257. The SMILES string of the molecule is CCN(CCO)S(=O)(=O)c1ccc(CN)cc1C. The zero-order valence-corrected chi connectivity index (χ0v) is 11.6. The number of benzene rings is 1. The van der Waals surface area contributed by atoms with Crippen LogP contribution in [0.5, 0.6) is 0 Å². The van der Waals surface area contributed by atoms with E-state index in [1.165, 1.54) is 4.31 Å². The number of aliphatic hydroxyl groups is 1. The first-order valence-corrected chi connectivity index (χ1v) is 7.32. The second kappa shape index (κ2) is 6.29. The van der Waals surface area contributed by atoms with Gasteiger partial charge in [-0.15, -0.1) is 0 Å². The second-order valence-electron chi connectivity index (χ2n) is 4.02. The van der Waals surface area contributed by atoms with Crippen molar-refractivity contribution < 1.29 is 13.5 Å². The monoisotopic (exact) mass is 272 g/mol. The van der Waals surface area contributed by atoms with Crippen LogP contribution in [0.25, 0.3) is 0 Å². The van der Waals surface area contributed by atoms with Crippen molar-refractivity contribution >= 4 is 10.0 Å². The van der Waals surface area contributed by atoms with Gasteiger partial charge in [-0.3, -0.25) is 0 Å². The van der Waals surface area contributed by atoms with E-state index in [2.05, 4.69) is 0 Å². The molecule has 1 aromatic rings. The molecule has 0 saturated heterocycles. The van der Waals surface area contributed by atoms with E-state index in [9.17, 15) is 8.42 Å². The zero-order chi connectivity index (χ0) is 13.8. The Morgan fingerprint density at radius 3 is 2.50 bits per heavy atom. The van der Waals surface area contributed by atoms with Gasteiger partial charge in [0.15, 0.2) is 0 Å². The standard InChI is InChI=1S/C12H20N2O3S/c1-3-14(6-7-15)18(16,17)12-5-4-11(9-13)8-10(12)2/h4-5,8,15H,3,6-7,9,13H2,1-2H3. The van der Waals surface area contributed by atoms with E-state index in [1.807, 2.05) is 0 Å². The van der Waals surface area contributed by atoms with E-state index in [1.54, 1.807) is 32.0 Å². The number of likely N-dealkylation sites (N-methyl/N-ethyl adjacent to an activating group) is 1. The Kier molecular flexibility index (Phi) is 5.28. The topological polar surface area (TPSA) is 83.6 Å². The predicted octanol–water partition coefficient (Wildman–Crippen LogP) is 0.457. The van der Waals surface area contributed by atoms with Gasteiger partial charge in [0.25, 0.3) is 0 Å². The Bertz CT molecular complexity index is 500. The highest BCUT2D eigenvalue weighted by atomic mass is 32.2. The first kappa shape index (κ1) is 15.1. The third-order valence-electron chi connectivity index (χ3n) is 2.79. The van der Waals surface area contributed by atoms with E-state index in [0.29, 0.717) is 18.7 Å². The molecular formula is C12H20N2O3S. The second-order valence-corrected chi connectivity index (χ2v) is 5.93. The maximum atomic E-state index is 12.4. The summed E-state index contributed by atoms with van der Waals surface area (Å²) in [6, 6.07) is 5.07. The molecule has 0 aliphatic heterocycles. The lowest BCUT2D eigenvalue weighted by Crippen LogP contribution is -2.33. The number of aryl methyl sites for hydroxylation is 1. The van der Waals surface area contributed by atoms with Crippen molar-refractivity contribution in [3.8, 4) is 0 Å². The summed E-state index contributed by atoms with van der Waals surface area (Å²) >= 11 is 0. The van der Waals surface area contributed by atoms with Crippen LogP contribution in [0.1, 0.15) is 18.1 Å². The zero-order valence-electron chi connectivity index (χ0n) is 10.8. The molecule has 3 N–H and O–H groups in total. The molecule has 0 heterocycles. The quantitative estimate of drug-likeness (QED) is 0.788. The summed E-state index contributed by atoms with van der Waals surface area (Å²) in [5, 5.41) is 8.91. The van der Waals surface area contributed by atoms with E-state index < -0.39 is 10.0 Å². The van der Waals surface area contributed by atoms with Crippen molar-refractivity contribution in [3.63, 3.8) is 0 Å². The van der Waals surface area contributed by atoms with Crippen LogP contribution in [0.2, 0.25) is 0 Å². The minimum absolute atomic E-state index is 0.108. The van der Waals surface area contributed by atoms with Gasteiger partial charge in [-0.05, 0) is 24.1 Å². The van der Waals surface area contributed by atoms with Crippen molar-refractivity contribution in [2.24, 2.45) is 5.73 Å². The molecule has 0 saturated carbocycles. The third-order valence-corrected chi connectivity index (χ3v) is 4.93. The third kappa shape index (κ3) is 3.08. The molecule has 0 amide bonds.